The standard InChI is InChI=1S/C17H11F4N3O/c1-8-10(6-22)16(11-7-23-15(25)5-14(11)24-8)9-2-3-13(18)12(4-9)17(19,20)21/h2-5,7,16,24H,1H3,(H,23,25). The van der Waals surface area contributed by atoms with Crippen LogP contribution in [0.25, 0.3) is 0 Å². The number of H-pyrrole nitrogens is 1. The Morgan fingerprint density at radius 3 is 2.60 bits per heavy atom. The molecule has 0 bridgehead atoms. The zero-order valence-electron chi connectivity index (χ0n) is 12.8. The van der Waals surface area contributed by atoms with Gasteiger partial charge in [-0.05, 0) is 24.6 Å². The molecule has 25 heavy (non-hydrogen) atoms. The molecule has 0 saturated carbocycles. The molecule has 0 radical (unpaired) electrons. The highest BCUT2D eigenvalue weighted by atomic mass is 19.4. The number of halogens is 4. The third-order valence-corrected chi connectivity index (χ3v) is 4.03. The van der Waals surface area contributed by atoms with Crippen LogP contribution in [0, 0.1) is 17.1 Å². The van der Waals surface area contributed by atoms with Crippen LogP contribution in [0.5, 0.6) is 0 Å². The summed E-state index contributed by atoms with van der Waals surface area (Å²) < 4.78 is 52.7. The number of fused-ring (bicyclic) bond motifs is 1. The van der Waals surface area contributed by atoms with Gasteiger partial charge in [0.2, 0.25) is 5.56 Å². The highest BCUT2D eigenvalue weighted by Crippen LogP contribution is 2.42. The van der Waals surface area contributed by atoms with Crippen LogP contribution in [0.2, 0.25) is 0 Å². The number of alkyl halides is 3. The summed E-state index contributed by atoms with van der Waals surface area (Å²) in [6, 6.07) is 5.88. The second-order valence-electron chi connectivity index (χ2n) is 5.61. The first-order valence-corrected chi connectivity index (χ1v) is 7.19. The molecule has 4 nitrogen and oxygen atoms in total. The minimum absolute atomic E-state index is 0.111. The van der Waals surface area contributed by atoms with Gasteiger partial charge in [-0.1, -0.05) is 6.07 Å². The zero-order chi connectivity index (χ0) is 18.4. The highest BCUT2D eigenvalue weighted by molar-refractivity contribution is 5.66. The van der Waals surface area contributed by atoms with Crippen LogP contribution in [-0.2, 0) is 6.18 Å². The number of pyridine rings is 1. The molecule has 3 rings (SSSR count). The van der Waals surface area contributed by atoms with Gasteiger partial charge in [0.05, 0.1) is 17.2 Å². The molecule has 1 aliphatic heterocycles. The van der Waals surface area contributed by atoms with Crippen molar-refractivity contribution in [1.29, 1.82) is 5.26 Å². The number of anilines is 1. The largest absolute Gasteiger partial charge is 0.419 e. The van der Waals surface area contributed by atoms with Crippen LogP contribution in [0.1, 0.15) is 29.5 Å². The van der Waals surface area contributed by atoms with Crippen LogP contribution in [0.15, 0.2) is 46.5 Å². The molecule has 1 unspecified atom stereocenters. The van der Waals surface area contributed by atoms with E-state index in [0.29, 0.717) is 23.0 Å². The smallest absolute Gasteiger partial charge is 0.358 e. The van der Waals surface area contributed by atoms with E-state index >= 15 is 0 Å². The van der Waals surface area contributed by atoms with Crippen molar-refractivity contribution < 1.29 is 17.6 Å². The van der Waals surface area contributed by atoms with Gasteiger partial charge in [0.25, 0.3) is 0 Å². The fraction of sp³-hybridized carbons (Fsp3) is 0.176. The van der Waals surface area contributed by atoms with Crippen molar-refractivity contribution in [3.63, 3.8) is 0 Å². The summed E-state index contributed by atoms with van der Waals surface area (Å²) in [6.07, 6.45) is -3.51. The molecule has 0 fully saturated rings. The maximum Gasteiger partial charge on any atom is 0.419 e. The molecule has 2 aromatic rings. The van der Waals surface area contributed by atoms with Gasteiger partial charge in [0.15, 0.2) is 0 Å². The molecule has 0 saturated heterocycles. The number of nitrogens with zero attached hydrogens (tertiary/aromatic N) is 1. The average Bonchev–Trinajstić information content (AvgIpc) is 2.53. The number of hydrogen-bond acceptors (Lipinski definition) is 3. The number of aromatic amines is 1. The number of rotatable bonds is 1. The van der Waals surface area contributed by atoms with Gasteiger partial charge in [0, 0.05) is 35.1 Å². The third-order valence-electron chi connectivity index (χ3n) is 4.03. The van der Waals surface area contributed by atoms with Gasteiger partial charge in [-0.2, -0.15) is 18.4 Å². The van der Waals surface area contributed by atoms with E-state index in [4.69, 9.17) is 0 Å². The molecule has 0 amide bonds. The summed E-state index contributed by atoms with van der Waals surface area (Å²) in [5, 5.41) is 12.3. The Morgan fingerprint density at radius 2 is 1.96 bits per heavy atom. The Balaban J connectivity index is 2.26. The van der Waals surface area contributed by atoms with Gasteiger partial charge in [-0.3, -0.25) is 4.79 Å². The lowest BCUT2D eigenvalue weighted by atomic mass is 9.81. The zero-order valence-corrected chi connectivity index (χ0v) is 12.8. The summed E-state index contributed by atoms with van der Waals surface area (Å²) >= 11 is 0. The predicted molar refractivity (Wildman–Crippen MR) is 82.2 cm³/mol. The number of aromatic nitrogens is 1. The van der Waals surface area contributed by atoms with Crippen LogP contribution >= 0.6 is 0 Å². The number of benzene rings is 1. The van der Waals surface area contributed by atoms with E-state index in [9.17, 15) is 27.6 Å². The van der Waals surface area contributed by atoms with Crippen LogP contribution in [-0.4, -0.2) is 4.98 Å². The second kappa shape index (κ2) is 5.77. The molecule has 1 aromatic carbocycles. The van der Waals surface area contributed by atoms with Gasteiger partial charge in [-0.25, -0.2) is 4.39 Å². The Bertz CT molecular complexity index is 983. The van der Waals surface area contributed by atoms with Gasteiger partial charge in [0.1, 0.15) is 5.82 Å². The molecule has 0 spiro atoms. The maximum absolute atomic E-state index is 13.6. The van der Waals surface area contributed by atoms with Gasteiger partial charge >= 0.3 is 6.18 Å². The Hall–Kier alpha value is -3.08. The van der Waals surface area contributed by atoms with E-state index < -0.39 is 29.0 Å². The summed E-state index contributed by atoms with van der Waals surface area (Å²) in [7, 11) is 0. The number of allylic oxidation sites excluding steroid dienone is 2. The van der Waals surface area contributed by atoms with E-state index in [1.54, 1.807) is 6.92 Å². The van der Waals surface area contributed by atoms with Crippen molar-refractivity contribution in [2.75, 3.05) is 5.32 Å². The molecule has 2 heterocycles. The predicted octanol–water partition coefficient (Wildman–Crippen LogP) is 3.89. The van der Waals surface area contributed by atoms with Crippen molar-refractivity contribution in [3.05, 3.63) is 74.6 Å². The molecule has 1 aliphatic rings. The van der Waals surface area contributed by atoms with Gasteiger partial charge < -0.3 is 10.3 Å². The Morgan fingerprint density at radius 1 is 1.24 bits per heavy atom. The fourth-order valence-electron chi connectivity index (χ4n) is 2.91. The van der Waals surface area contributed by atoms with E-state index in [0.717, 1.165) is 6.07 Å². The lowest BCUT2D eigenvalue weighted by Gasteiger charge is -2.28. The van der Waals surface area contributed by atoms with Gasteiger partial charge in [-0.15, -0.1) is 0 Å². The normalized spacial score (nSPS) is 16.9. The monoisotopic (exact) mass is 349 g/mol. The lowest BCUT2D eigenvalue weighted by Crippen LogP contribution is -2.20. The van der Waals surface area contributed by atoms with Crippen LogP contribution < -0.4 is 10.9 Å². The number of hydrogen-bond donors (Lipinski definition) is 2. The quantitative estimate of drug-likeness (QED) is 0.768. The lowest BCUT2D eigenvalue weighted by molar-refractivity contribution is -0.140. The highest BCUT2D eigenvalue weighted by Gasteiger charge is 2.36. The van der Waals surface area contributed by atoms with E-state index in [1.807, 2.05) is 6.07 Å². The van der Waals surface area contributed by atoms with Crippen LogP contribution in [0.3, 0.4) is 0 Å². The molecule has 0 aliphatic carbocycles. The SMILES string of the molecule is CC1=C(C#N)C(c2ccc(F)c(C(F)(F)F)c2)c2c[nH]c(=O)cc2N1. The van der Waals surface area contributed by atoms with E-state index in [2.05, 4.69) is 10.3 Å². The van der Waals surface area contributed by atoms with E-state index in [1.165, 1.54) is 18.3 Å². The summed E-state index contributed by atoms with van der Waals surface area (Å²) in [4.78, 5) is 13.9. The van der Waals surface area contributed by atoms with Crippen LogP contribution in [0.4, 0.5) is 23.2 Å². The Labute approximate surface area is 139 Å². The molecular weight excluding hydrogens is 338 g/mol. The topological polar surface area (TPSA) is 68.7 Å². The second-order valence-corrected chi connectivity index (χ2v) is 5.61. The van der Waals surface area contributed by atoms with Crippen molar-refractivity contribution in [2.24, 2.45) is 0 Å². The van der Waals surface area contributed by atoms with Crippen molar-refractivity contribution in [1.82, 2.24) is 4.98 Å². The molecular formula is C17H11F4N3O. The average molecular weight is 349 g/mol. The third kappa shape index (κ3) is 2.89. The fourth-order valence-corrected chi connectivity index (χ4v) is 2.91. The first kappa shape index (κ1) is 16.8. The molecule has 8 heteroatoms. The molecule has 2 N–H and O–H groups in total. The van der Waals surface area contributed by atoms with E-state index in [-0.39, 0.29) is 11.1 Å². The first-order valence-electron chi connectivity index (χ1n) is 7.19. The summed E-state index contributed by atoms with van der Waals surface area (Å²) in [5.74, 6) is -2.23. The minimum atomic E-state index is -4.85. The molecule has 128 valence electrons. The molecule has 1 atom stereocenters. The number of nitrogens with one attached hydrogen (secondary N) is 2. The Kier molecular flexibility index (Phi) is 3.87. The first-order chi connectivity index (χ1) is 11.7. The molecule has 1 aromatic heterocycles. The van der Waals surface area contributed by atoms with Crippen molar-refractivity contribution in [3.8, 4) is 6.07 Å². The summed E-state index contributed by atoms with van der Waals surface area (Å²) in [6.45, 7) is 1.59. The van der Waals surface area contributed by atoms with Crippen molar-refractivity contribution >= 4 is 5.69 Å². The minimum Gasteiger partial charge on any atom is -0.358 e. The number of nitriles is 1. The van der Waals surface area contributed by atoms with Crippen molar-refractivity contribution in [2.45, 2.75) is 19.0 Å². The summed E-state index contributed by atoms with van der Waals surface area (Å²) in [5.41, 5.74) is -0.246. The maximum atomic E-state index is 13.6.